The Hall–Kier alpha value is 0.260. The number of hydrogen-bond donors (Lipinski definition) is 0. The highest BCUT2D eigenvalue weighted by atomic mass is 31.2. The fourth-order valence-corrected chi connectivity index (χ4v) is 2.92. The van der Waals surface area contributed by atoms with E-state index < -0.39 is 6.89 Å². The Morgan fingerprint density at radius 1 is 1.33 bits per heavy atom. The van der Waals surface area contributed by atoms with Gasteiger partial charge in [-0.25, -0.2) is 0 Å². The van der Waals surface area contributed by atoms with E-state index in [-0.39, 0.29) is 0 Å². The van der Waals surface area contributed by atoms with E-state index in [4.69, 9.17) is 0 Å². The van der Waals surface area contributed by atoms with Crippen molar-refractivity contribution in [1.29, 1.82) is 0 Å². The van der Waals surface area contributed by atoms with Gasteiger partial charge in [0.25, 0.3) is 0 Å². The Kier molecular flexibility index (Phi) is 2.03. The Morgan fingerprint density at radius 2 is 1.78 bits per heavy atom. The second-order valence-corrected chi connectivity index (χ2v) is 7.50. The fourth-order valence-electron chi connectivity index (χ4n) is 1.05. The van der Waals surface area contributed by atoms with Gasteiger partial charge < -0.3 is 4.90 Å². The van der Waals surface area contributed by atoms with Crippen LogP contribution in [0.15, 0.2) is 0 Å². The highest BCUT2D eigenvalue weighted by molar-refractivity contribution is 7.73. The van der Waals surface area contributed by atoms with E-state index in [2.05, 4.69) is 24.9 Å². The Balaban J connectivity index is 2.44. The van der Waals surface area contributed by atoms with Crippen LogP contribution in [0.25, 0.3) is 0 Å². The molecule has 1 heterocycles. The van der Waals surface area contributed by atoms with Crippen LogP contribution in [-0.2, 0) is 0 Å². The second-order valence-electron chi connectivity index (χ2n) is 3.37. The van der Waals surface area contributed by atoms with Crippen LogP contribution in [0, 0.1) is 0 Å². The van der Waals surface area contributed by atoms with Gasteiger partial charge in [0.1, 0.15) is 0 Å². The van der Waals surface area contributed by atoms with Gasteiger partial charge in [0, 0.05) is 13.1 Å². The maximum Gasteiger partial charge on any atom is 0.00173 e. The molecular formula is C7H16NP. The maximum absolute atomic E-state index is 4.25. The highest BCUT2D eigenvalue weighted by Crippen LogP contribution is 2.41. The summed E-state index contributed by atoms with van der Waals surface area (Å²) in [7, 11) is 2.19. The molecule has 2 heteroatoms. The molecule has 0 aromatic rings. The van der Waals surface area contributed by atoms with Gasteiger partial charge in [0.2, 0.25) is 0 Å². The zero-order valence-corrected chi connectivity index (χ0v) is 7.32. The van der Waals surface area contributed by atoms with Crippen LogP contribution in [0.3, 0.4) is 0 Å². The smallest absolute Gasteiger partial charge is 0.00173 e. The summed E-state index contributed by atoms with van der Waals surface area (Å²) in [6.45, 7) is 4.24. The van der Waals surface area contributed by atoms with E-state index in [1.165, 1.54) is 25.4 Å². The van der Waals surface area contributed by atoms with Crippen molar-refractivity contribution in [2.24, 2.45) is 0 Å². The first-order chi connectivity index (χ1) is 4.10. The summed E-state index contributed by atoms with van der Waals surface area (Å²) < 4.78 is 0. The molecule has 0 radical (unpaired) electrons. The van der Waals surface area contributed by atoms with Gasteiger partial charge in [-0.05, 0) is 26.0 Å². The summed E-state index contributed by atoms with van der Waals surface area (Å²) in [6, 6.07) is 0. The molecule has 0 N–H and O–H groups in total. The van der Waals surface area contributed by atoms with Crippen molar-refractivity contribution < 1.29 is 0 Å². The summed E-state index contributed by atoms with van der Waals surface area (Å²) in [5.74, 6) is 0. The number of hydrogen-bond acceptors (Lipinski definition) is 1. The van der Waals surface area contributed by atoms with E-state index in [1.807, 2.05) is 0 Å². The number of rotatable bonds is 0. The first-order valence-electron chi connectivity index (χ1n) is 3.48. The summed E-state index contributed by atoms with van der Waals surface area (Å²) in [6.07, 6.45) is 6.98. The molecule has 0 aliphatic carbocycles. The molecule has 0 saturated carbocycles. The van der Waals surface area contributed by atoms with Crippen LogP contribution in [0.1, 0.15) is 0 Å². The summed E-state index contributed by atoms with van der Waals surface area (Å²) in [4.78, 5) is 2.40. The van der Waals surface area contributed by atoms with Gasteiger partial charge in [0.05, 0.1) is 0 Å². The van der Waals surface area contributed by atoms with Crippen LogP contribution in [-0.4, -0.2) is 50.3 Å². The molecule has 0 bridgehead atoms. The number of nitrogens with zero attached hydrogens (tertiary/aromatic N) is 1. The van der Waals surface area contributed by atoms with E-state index in [0.29, 0.717) is 0 Å². The minimum Gasteiger partial charge on any atom is -0.306 e. The van der Waals surface area contributed by atoms with Gasteiger partial charge in [-0.15, -0.1) is 13.2 Å². The first-order valence-corrected chi connectivity index (χ1v) is 6.27. The average Bonchev–Trinajstić information content (AvgIpc) is 1.78. The second kappa shape index (κ2) is 2.48. The van der Waals surface area contributed by atoms with Gasteiger partial charge >= 0.3 is 0 Å². The minimum absolute atomic E-state index is 0.666. The molecule has 0 aromatic heterocycles. The highest BCUT2D eigenvalue weighted by Gasteiger charge is 2.14. The van der Waals surface area contributed by atoms with Crippen molar-refractivity contribution in [3.8, 4) is 0 Å². The van der Waals surface area contributed by atoms with Gasteiger partial charge in [-0.1, -0.05) is 0 Å². The van der Waals surface area contributed by atoms with E-state index >= 15 is 0 Å². The Labute approximate surface area is 58.0 Å². The molecule has 1 nitrogen and oxygen atoms in total. The molecule has 0 amide bonds. The third-order valence-electron chi connectivity index (χ3n) is 2.04. The third-order valence-corrected chi connectivity index (χ3v) is 4.60. The molecule has 1 fully saturated rings. The largest absolute Gasteiger partial charge is 0.306 e. The summed E-state index contributed by atoms with van der Waals surface area (Å²) in [5.41, 5.74) is 0. The summed E-state index contributed by atoms with van der Waals surface area (Å²) in [5, 5.41) is 0. The lowest BCUT2D eigenvalue weighted by Gasteiger charge is -2.30. The van der Waals surface area contributed by atoms with E-state index in [1.54, 1.807) is 0 Å². The maximum atomic E-state index is 4.25. The van der Waals surface area contributed by atoms with Crippen molar-refractivity contribution in [1.82, 2.24) is 4.90 Å². The first kappa shape index (κ1) is 7.37. The van der Waals surface area contributed by atoms with Gasteiger partial charge in [-0.2, -0.15) is 0 Å². The van der Waals surface area contributed by atoms with Crippen molar-refractivity contribution in [3.63, 3.8) is 0 Å². The van der Waals surface area contributed by atoms with Crippen LogP contribution >= 0.6 is 6.89 Å². The lowest BCUT2D eigenvalue weighted by atomic mass is 10.6. The SMILES string of the molecule is C=P1(C)CCN(C)CC1. The zero-order chi connectivity index (χ0) is 6.91. The lowest BCUT2D eigenvalue weighted by Crippen LogP contribution is -2.30. The molecule has 1 aliphatic rings. The van der Waals surface area contributed by atoms with Crippen LogP contribution in [0.4, 0.5) is 0 Å². The molecule has 1 saturated heterocycles. The third kappa shape index (κ3) is 2.15. The van der Waals surface area contributed by atoms with Gasteiger partial charge in [0.15, 0.2) is 0 Å². The fraction of sp³-hybridized carbons (Fsp3) is 0.857. The molecular weight excluding hydrogens is 129 g/mol. The topological polar surface area (TPSA) is 3.24 Å². The van der Waals surface area contributed by atoms with Crippen LogP contribution in [0.2, 0.25) is 0 Å². The molecule has 1 rings (SSSR count). The average molecular weight is 145 g/mol. The minimum atomic E-state index is -0.666. The van der Waals surface area contributed by atoms with Crippen molar-refractivity contribution in [2.45, 2.75) is 0 Å². The van der Waals surface area contributed by atoms with E-state index in [0.717, 1.165) is 0 Å². The predicted octanol–water partition coefficient (Wildman–Crippen LogP) is 1.01. The van der Waals surface area contributed by atoms with Crippen LogP contribution in [0.5, 0.6) is 0 Å². The Bertz CT molecular complexity index is 130. The molecule has 54 valence electrons. The standard InChI is InChI=1S/C7H16NP/c1-8-4-6-9(2,3)7-5-8/h2,4-7H2,1,3H3. The lowest BCUT2D eigenvalue weighted by molar-refractivity contribution is 0.368. The van der Waals surface area contributed by atoms with Crippen molar-refractivity contribution >= 4 is 13.2 Å². The quantitative estimate of drug-likeness (QED) is 0.460. The van der Waals surface area contributed by atoms with Crippen molar-refractivity contribution in [2.75, 3.05) is 39.1 Å². The normalized spacial score (nSPS) is 28.2. The molecule has 1 aliphatic heterocycles. The Morgan fingerprint density at radius 3 is 2.11 bits per heavy atom. The van der Waals surface area contributed by atoms with Crippen molar-refractivity contribution in [3.05, 3.63) is 0 Å². The zero-order valence-electron chi connectivity index (χ0n) is 6.43. The molecule has 0 spiro atoms. The summed E-state index contributed by atoms with van der Waals surface area (Å²) >= 11 is 0. The molecule has 0 atom stereocenters. The monoisotopic (exact) mass is 145 g/mol. The predicted molar refractivity (Wildman–Crippen MR) is 47.2 cm³/mol. The van der Waals surface area contributed by atoms with E-state index in [9.17, 15) is 0 Å². The van der Waals surface area contributed by atoms with Gasteiger partial charge in [-0.3, -0.25) is 0 Å². The molecule has 9 heavy (non-hydrogen) atoms. The van der Waals surface area contributed by atoms with Crippen LogP contribution < -0.4 is 0 Å². The molecule has 0 aromatic carbocycles. The molecule has 0 unspecified atom stereocenters.